The molecule has 0 saturated heterocycles. The number of hydrogen-bond acceptors (Lipinski definition) is 2. The lowest BCUT2D eigenvalue weighted by Gasteiger charge is -2.28. The van der Waals surface area contributed by atoms with Gasteiger partial charge in [0.1, 0.15) is 11.9 Å². The monoisotopic (exact) mass is 273 g/mol. The highest BCUT2D eigenvalue weighted by molar-refractivity contribution is 6.73. The molecule has 0 heterocycles. The van der Waals surface area contributed by atoms with Gasteiger partial charge in [-0.05, 0) is 31.4 Å². The van der Waals surface area contributed by atoms with Gasteiger partial charge >= 0.3 is 6.98 Å². The summed E-state index contributed by atoms with van der Waals surface area (Å²) >= 11 is 0. The molecule has 0 radical (unpaired) electrons. The molecule has 19 heavy (non-hydrogen) atoms. The molecule has 1 aromatic rings. The van der Waals surface area contributed by atoms with Crippen molar-refractivity contribution in [3.8, 4) is 5.75 Å². The second kappa shape index (κ2) is 5.86. The van der Waals surface area contributed by atoms with Crippen LogP contribution in [0.2, 0.25) is 0 Å². The summed E-state index contributed by atoms with van der Waals surface area (Å²) < 4.78 is 48.5. The van der Waals surface area contributed by atoms with Crippen molar-refractivity contribution in [3.63, 3.8) is 0 Å². The van der Waals surface area contributed by atoms with Crippen LogP contribution in [0.4, 0.5) is 12.9 Å². The fraction of sp³-hybridized carbons (Fsp3) is 0.538. The van der Waals surface area contributed by atoms with E-state index in [0.29, 0.717) is 5.75 Å². The van der Waals surface area contributed by atoms with Crippen molar-refractivity contribution in [2.24, 2.45) is 0 Å². The topological polar surface area (TPSA) is 18.5 Å². The van der Waals surface area contributed by atoms with Crippen molar-refractivity contribution in [1.82, 2.24) is 0 Å². The molecule has 2 nitrogen and oxygen atoms in total. The van der Waals surface area contributed by atoms with E-state index in [9.17, 15) is 12.9 Å². The first-order chi connectivity index (χ1) is 8.99. The van der Waals surface area contributed by atoms with E-state index in [-0.39, 0.29) is 12.2 Å². The normalized spacial score (nSPS) is 24.2. The SMILES string of the molecule is COC1CCCC(Oc2ccc([B-](F)(F)F)cc2)C1. The van der Waals surface area contributed by atoms with Gasteiger partial charge in [0.05, 0.1) is 6.10 Å². The highest BCUT2D eigenvalue weighted by Gasteiger charge is 2.26. The molecule has 6 heteroatoms. The number of halogens is 3. The number of hydrogen-bond donors (Lipinski definition) is 0. The summed E-state index contributed by atoms with van der Waals surface area (Å²) in [6.07, 6.45) is 3.97. The fourth-order valence-corrected chi connectivity index (χ4v) is 2.38. The van der Waals surface area contributed by atoms with E-state index < -0.39 is 12.4 Å². The highest BCUT2D eigenvalue weighted by Crippen LogP contribution is 2.25. The second-order valence-electron chi connectivity index (χ2n) is 4.91. The molecule has 106 valence electrons. The van der Waals surface area contributed by atoms with E-state index in [1.54, 1.807) is 7.11 Å². The quantitative estimate of drug-likeness (QED) is 0.785. The highest BCUT2D eigenvalue weighted by atomic mass is 19.4. The summed E-state index contributed by atoms with van der Waals surface area (Å²) in [6.45, 7) is -4.93. The lowest BCUT2D eigenvalue weighted by Crippen LogP contribution is -2.34. The van der Waals surface area contributed by atoms with E-state index in [1.807, 2.05) is 0 Å². The van der Waals surface area contributed by atoms with E-state index in [4.69, 9.17) is 9.47 Å². The molecule has 0 N–H and O–H groups in total. The standard InChI is InChI=1S/C13H17BF3O2/c1-18-12-3-2-4-13(9-12)19-11-7-5-10(6-8-11)14(15,16)17/h5-8,12-13H,2-4,9H2,1H3/q-1. The molecule has 2 atom stereocenters. The van der Waals surface area contributed by atoms with Crippen molar-refractivity contribution in [3.05, 3.63) is 24.3 Å². The zero-order chi connectivity index (χ0) is 13.9. The zero-order valence-corrected chi connectivity index (χ0v) is 10.8. The van der Waals surface area contributed by atoms with Gasteiger partial charge < -0.3 is 22.4 Å². The maximum absolute atomic E-state index is 12.5. The summed E-state index contributed by atoms with van der Waals surface area (Å²) in [5.74, 6) is 0.491. The average molecular weight is 273 g/mol. The summed E-state index contributed by atoms with van der Waals surface area (Å²) in [6, 6.07) is 4.93. The molecule has 0 spiro atoms. The van der Waals surface area contributed by atoms with Gasteiger partial charge in [-0.2, -0.15) is 0 Å². The molecule has 2 rings (SSSR count). The average Bonchev–Trinajstić information content (AvgIpc) is 2.38. The molecular weight excluding hydrogens is 256 g/mol. The Labute approximate surface area is 111 Å². The van der Waals surface area contributed by atoms with E-state index in [0.717, 1.165) is 37.8 Å². The van der Waals surface area contributed by atoms with Crippen molar-refractivity contribution >= 4 is 12.4 Å². The number of rotatable bonds is 4. The largest absolute Gasteiger partial charge is 0.509 e. The third kappa shape index (κ3) is 3.90. The van der Waals surface area contributed by atoms with Gasteiger partial charge in [0.2, 0.25) is 0 Å². The van der Waals surface area contributed by atoms with E-state index in [1.165, 1.54) is 12.1 Å². The van der Waals surface area contributed by atoms with Gasteiger partial charge in [-0.3, -0.25) is 0 Å². The third-order valence-corrected chi connectivity index (χ3v) is 3.47. The van der Waals surface area contributed by atoms with Crippen LogP contribution < -0.4 is 10.2 Å². The first-order valence-electron chi connectivity index (χ1n) is 6.48. The van der Waals surface area contributed by atoms with Crippen LogP contribution in [0.1, 0.15) is 25.7 Å². The number of ether oxygens (including phenoxy) is 2. The van der Waals surface area contributed by atoms with Crippen molar-refractivity contribution in [1.29, 1.82) is 0 Å². The minimum atomic E-state index is -4.93. The van der Waals surface area contributed by atoms with Gasteiger partial charge in [-0.1, -0.05) is 12.1 Å². The fourth-order valence-electron chi connectivity index (χ4n) is 2.38. The van der Waals surface area contributed by atoms with Crippen LogP contribution >= 0.6 is 0 Å². The maximum Gasteiger partial charge on any atom is 0.509 e. The predicted molar refractivity (Wildman–Crippen MR) is 68.8 cm³/mol. The second-order valence-corrected chi connectivity index (χ2v) is 4.91. The van der Waals surface area contributed by atoms with Gasteiger partial charge in [-0.15, -0.1) is 5.46 Å². The Bertz CT molecular complexity index is 405. The van der Waals surface area contributed by atoms with Crippen LogP contribution in [-0.2, 0) is 4.74 Å². The van der Waals surface area contributed by atoms with Crippen LogP contribution in [0.15, 0.2) is 24.3 Å². The van der Waals surface area contributed by atoms with Gasteiger partial charge in [0.25, 0.3) is 0 Å². The third-order valence-electron chi connectivity index (χ3n) is 3.47. The molecule has 0 amide bonds. The Morgan fingerprint density at radius 1 is 1.05 bits per heavy atom. The Morgan fingerprint density at radius 2 is 1.68 bits per heavy atom. The molecule has 0 bridgehead atoms. The first kappa shape index (κ1) is 14.2. The Morgan fingerprint density at radius 3 is 2.26 bits per heavy atom. The lowest BCUT2D eigenvalue weighted by atomic mass is 9.80. The van der Waals surface area contributed by atoms with Gasteiger partial charge in [-0.25, -0.2) is 0 Å². The van der Waals surface area contributed by atoms with Crippen LogP contribution in [0.3, 0.4) is 0 Å². The summed E-state index contributed by atoms with van der Waals surface area (Å²) in [5, 5.41) is 0. The Balaban J connectivity index is 1.96. The molecule has 0 aromatic heterocycles. The number of methoxy groups -OCH3 is 1. The van der Waals surface area contributed by atoms with Gasteiger partial charge in [0, 0.05) is 13.5 Å². The van der Waals surface area contributed by atoms with E-state index >= 15 is 0 Å². The van der Waals surface area contributed by atoms with Crippen molar-refractivity contribution in [2.75, 3.05) is 7.11 Å². The van der Waals surface area contributed by atoms with E-state index in [2.05, 4.69) is 0 Å². The summed E-state index contributed by atoms with van der Waals surface area (Å²) in [5.41, 5.74) is -0.592. The first-order valence-corrected chi connectivity index (χ1v) is 6.48. The Hall–Kier alpha value is -1.17. The van der Waals surface area contributed by atoms with Gasteiger partial charge in [0.15, 0.2) is 0 Å². The molecule has 1 saturated carbocycles. The molecule has 2 unspecified atom stereocenters. The van der Waals surface area contributed by atoms with Crippen LogP contribution in [0, 0.1) is 0 Å². The molecule has 1 aliphatic rings. The molecule has 1 fully saturated rings. The lowest BCUT2D eigenvalue weighted by molar-refractivity contribution is 0.0210. The van der Waals surface area contributed by atoms with Crippen molar-refractivity contribution < 1.29 is 22.4 Å². The Kier molecular flexibility index (Phi) is 4.40. The molecule has 1 aromatic carbocycles. The van der Waals surface area contributed by atoms with Crippen LogP contribution in [0.5, 0.6) is 5.75 Å². The predicted octanol–water partition coefficient (Wildman–Crippen LogP) is 3.08. The maximum atomic E-state index is 12.5. The summed E-state index contributed by atoms with van der Waals surface area (Å²) in [7, 11) is 1.67. The number of benzene rings is 1. The zero-order valence-electron chi connectivity index (χ0n) is 10.8. The molecular formula is C13H17BF3O2-. The molecule has 1 aliphatic carbocycles. The minimum absolute atomic E-state index is 0.0287. The van der Waals surface area contributed by atoms with Crippen molar-refractivity contribution in [2.45, 2.75) is 37.9 Å². The smallest absolute Gasteiger partial charge is 0.490 e. The minimum Gasteiger partial charge on any atom is -0.490 e. The van der Waals surface area contributed by atoms with Crippen LogP contribution in [-0.4, -0.2) is 26.3 Å². The molecule has 0 aliphatic heterocycles. The summed E-state index contributed by atoms with van der Waals surface area (Å²) in [4.78, 5) is 0. The van der Waals surface area contributed by atoms with Crippen LogP contribution in [0.25, 0.3) is 0 Å².